The van der Waals surface area contributed by atoms with Gasteiger partial charge in [-0.1, -0.05) is 43.6 Å². The van der Waals surface area contributed by atoms with Crippen molar-refractivity contribution in [3.8, 4) is 0 Å². The summed E-state index contributed by atoms with van der Waals surface area (Å²) < 4.78 is 5.73. The molecule has 0 aliphatic heterocycles. The predicted octanol–water partition coefficient (Wildman–Crippen LogP) is 3.63. The minimum atomic E-state index is 0.206. The SMILES string of the molecule is CCOC1CC(NCc2ccccc2Cl)C1(C)C. The molecule has 2 nitrogen and oxygen atoms in total. The third-order valence-corrected chi connectivity index (χ3v) is 4.41. The molecule has 1 aliphatic rings. The van der Waals surface area contributed by atoms with Gasteiger partial charge in [-0.15, -0.1) is 0 Å². The van der Waals surface area contributed by atoms with Gasteiger partial charge in [0.2, 0.25) is 0 Å². The molecule has 3 heteroatoms. The molecule has 1 N–H and O–H groups in total. The smallest absolute Gasteiger partial charge is 0.0655 e. The average molecular weight is 268 g/mol. The lowest BCUT2D eigenvalue weighted by Crippen LogP contribution is -2.60. The van der Waals surface area contributed by atoms with E-state index >= 15 is 0 Å². The van der Waals surface area contributed by atoms with Gasteiger partial charge in [0.25, 0.3) is 0 Å². The summed E-state index contributed by atoms with van der Waals surface area (Å²) in [5.41, 5.74) is 1.37. The van der Waals surface area contributed by atoms with Crippen molar-refractivity contribution in [3.63, 3.8) is 0 Å². The Morgan fingerprint density at radius 1 is 1.39 bits per heavy atom. The highest BCUT2D eigenvalue weighted by Crippen LogP contribution is 2.42. The number of nitrogens with one attached hydrogen (secondary N) is 1. The Morgan fingerprint density at radius 3 is 2.72 bits per heavy atom. The highest BCUT2D eigenvalue weighted by molar-refractivity contribution is 6.31. The molecule has 2 atom stereocenters. The van der Waals surface area contributed by atoms with Crippen LogP contribution in [0, 0.1) is 5.41 Å². The molecule has 0 heterocycles. The number of benzene rings is 1. The average Bonchev–Trinajstić information content (AvgIpc) is 2.35. The first-order valence-corrected chi connectivity index (χ1v) is 7.02. The molecule has 0 radical (unpaired) electrons. The zero-order valence-electron chi connectivity index (χ0n) is 11.4. The van der Waals surface area contributed by atoms with Crippen molar-refractivity contribution < 1.29 is 4.74 Å². The largest absolute Gasteiger partial charge is 0.378 e. The van der Waals surface area contributed by atoms with Crippen LogP contribution >= 0.6 is 11.6 Å². The number of rotatable bonds is 5. The molecular weight excluding hydrogens is 246 g/mol. The Kier molecular flexibility index (Phi) is 4.31. The summed E-state index contributed by atoms with van der Waals surface area (Å²) in [5.74, 6) is 0. The molecule has 1 saturated carbocycles. The van der Waals surface area contributed by atoms with Crippen LogP contribution in [-0.4, -0.2) is 18.8 Å². The van der Waals surface area contributed by atoms with Crippen molar-refractivity contribution in [3.05, 3.63) is 34.9 Å². The number of ether oxygens (including phenoxy) is 1. The maximum atomic E-state index is 6.15. The van der Waals surface area contributed by atoms with Crippen molar-refractivity contribution in [2.45, 2.75) is 45.9 Å². The molecular formula is C15H22ClNO. The molecule has 2 unspecified atom stereocenters. The Balaban J connectivity index is 1.88. The Hall–Kier alpha value is -0.570. The van der Waals surface area contributed by atoms with E-state index in [9.17, 15) is 0 Å². The summed E-state index contributed by atoms with van der Waals surface area (Å²) in [6.45, 7) is 8.21. The number of hydrogen-bond acceptors (Lipinski definition) is 2. The van der Waals surface area contributed by atoms with Crippen molar-refractivity contribution >= 4 is 11.6 Å². The molecule has 18 heavy (non-hydrogen) atoms. The van der Waals surface area contributed by atoms with Gasteiger partial charge >= 0.3 is 0 Å². The summed E-state index contributed by atoms with van der Waals surface area (Å²) in [7, 11) is 0. The van der Waals surface area contributed by atoms with E-state index in [0.29, 0.717) is 12.1 Å². The lowest BCUT2D eigenvalue weighted by atomic mass is 9.64. The lowest BCUT2D eigenvalue weighted by molar-refractivity contribution is -0.114. The van der Waals surface area contributed by atoms with Gasteiger partial charge in [0, 0.05) is 29.6 Å². The first-order valence-electron chi connectivity index (χ1n) is 6.64. The summed E-state index contributed by atoms with van der Waals surface area (Å²) in [6, 6.07) is 8.50. The Bertz CT molecular complexity index is 405. The van der Waals surface area contributed by atoms with E-state index in [-0.39, 0.29) is 5.41 Å². The zero-order valence-corrected chi connectivity index (χ0v) is 12.1. The molecule has 100 valence electrons. The number of halogens is 1. The molecule has 0 spiro atoms. The first kappa shape index (κ1) is 13.9. The summed E-state index contributed by atoms with van der Waals surface area (Å²) in [6.07, 6.45) is 1.47. The molecule has 0 bridgehead atoms. The second-order valence-electron chi connectivity index (χ2n) is 5.53. The van der Waals surface area contributed by atoms with Gasteiger partial charge in [0.05, 0.1) is 6.10 Å². The van der Waals surface area contributed by atoms with Crippen LogP contribution in [0.3, 0.4) is 0 Å². The zero-order chi connectivity index (χ0) is 13.2. The second kappa shape index (κ2) is 5.60. The molecule has 0 aromatic heterocycles. The van der Waals surface area contributed by atoms with E-state index in [4.69, 9.17) is 16.3 Å². The van der Waals surface area contributed by atoms with Crippen molar-refractivity contribution in [2.75, 3.05) is 6.61 Å². The van der Waals surface area contributed by atoms with Crippen molar-refractivity contribution in [1.29, 1.82) is 0 Å². The Labute approximate surface area is 115 Å². The van der Waals surface area contributed by atoms with Crippen LogP contribution in [0.5, 0.6) is 0 Å². The molecule has 2 rings (SSSR count). The van der Waals surface area contributed by atoms with Crippen molar-refractivity contribution in [1.82, 2.24) is 5.32 Å². The summed E-state index contributed by atoms with van der Waals surface area (Å²) in [4.78, 5) is 0. The van der Waals surface area contributed by atoms with Gasteiger partial charge in [-0.25, -0.2) is 0 Å². The summed E-state index contributed by atoms with van der Waals surface area (Å²) in [5, 5.41) is 4.43. The lowest BCUT2D eigenvalue weighted by Gasteiger charge is -2.52. The van der Waals surface area contributed by atoms with Crippen molar-refractivity contribution in [2.24, 2.45) is 5.41 Å². The van der Waals surface area contributed by atoms with Crippen LogP contribution in [0.25, 0.3) is 0 Å². The minimum Gasteiger partial charge on any atom is -0.378 e. The fourth-order valence-corrected chi connectivity index (χ4v) is 2.79. The minimum absolute atomic E-state index is 0.206. The van der Waals surface area contributed by atoms with Gasteiger partial charge in [0.15, 0.2) is 0 Å². The van der Waals surface area contributed by atoms with Crippen LogP contribution in [0.2, 0.25) is 5.02 Å². The molecule has 1 aliphatic carbocycles. The summed E-state index contributed by atoms with van der Waals surface area (Å²) >= 11 is 6.15. The van der Waals surface area contributed by atoms with E-state index < -0.39 is 0 Å². The molecule has 0 amide bonds. The molecule has 1 aromatic rings. The van der Waals surface area contributed by atoms with Crippen LogP contribution in [-0.2, 0) is 11.3 Å². The highest BCUT2D eigenvalue weighted by atomic mass is 35.5. The van der Waals surface area contributed by atoms with Gasteiger partial charge < -0.3 is 10.1 Å². The monoisotopic (exact) mass is 267 g/mol. The Morgan fingerprint density at radius 2 is 2.11 bits per heavy atom. The molecule has 0 saturated heterocycles. The predicted molar refractivity (Wildman–Crippen MR) is 75.9 cm³/mol. The van der Waals surface area contributed by atoms with Crippen LogP contribution in [0.4, 0.5) is 0 Å². The van der Waals surface area contributed by atoms with Gasteiger partial charge in [-0.2, -0.15) is 0 Å². The highest BCUT2D eigenvalue weighted by Gasteiger charge is 2.48. The standard InChI is InChI=1S/C15H22ClNO/c1-4-18-14-9-13(15(14,2)3)17-10-11-7-5-6-8-12(11)16/h5-8,13-14,17H,4,9-10H2,1-3H3. The topological polar surface area (TPSA) is 21.3 Å². The van der Waals surface area contributed by atoms with E-state index in [0.717, 1.165) is 30.2 Å². The van der Waals surface area contributed by atoms with E-state index in [1.807, 2.05) is 18.2 Å². The maximum Gasteiger partial charge on any atom is 0.0655 e. The van der Waals surface area contributed by atoms with Crippen LogP contribution in [0.1, 0.15) is 32.8 Å². The van der Waals surface area contributed by atoms with Gasteiger partial charge in [0.1, 0.15) is 0 Å². The molecule has 1 aromatic carbocycles. The third kappa shape index (κ3) is 2.71. The fourth-order valence-electron chi connectivity index (χ4n) is 2.59. The van der Waals surface area contributed by atoms with E-state index in [1.54, 1.807) is 0 Å². The third-order valence-electron chi connectivity index (χ3n) is 4.04. The second-order valence-corrected chi connectivity index (χ2v) is 5.93. The van der Waals surface area contributed by atoms with Gasteiger partial charge in [-0.05, 0) is 25.0 Å². The van der Waals surface area contributed by atoms with Crippen LogP contribution in [0.15, 0.2) is 24.3 Å². The van der Waals surface area contributed by atoms with E-state index in [2.05, 4.69) is 32.2 Å². The first-order chi connectivity index (χ1) is 8.55. The van der Waals surface area contributed by atoms with E-state index in [1.165, 1.54) is 0 Å². The molecule has 1 fully saturated rings. The maximum absolute atomic E-state index is 6.15. The van der Waals surface area contributed by atoms with Crippen LogP contribution < -0.4 is 5.32 Å². The fraction of sp³-hybridized carbons (Fsp3) is 0.600. The normalized spacial score (nSPS) is 25.8. The quantitative estimate of drug-likeness (QED) is 0.880. The van der Waals surface area contributed by atoms with Gasteiger partial charge in [-0.3, -0.25) is 0 Å². The number of hydrogen-bond donors (Lipinski definition) is 1.